The van der Waals surface area contributed by atoms with Crippen molar-refractivity contribution in [1.82, 2.24) is 9.80 Å². The highest BCUT2D eigenvalue weighted by Crippen LogP contribution is 2.48. The zero-order valence-electron chi connectivity index (χ0n) is 20.9. The van der Waals surface area contributed by atoms with Gasteiger partial charge in [-0.15, -0.1) is 0 Å². The van der Waals surface area contributed by atoms with E-state index in [2.05, 4.69) is 11.8 Å². The van der Waals surface area contributed by atoms with Crippen LogP contribution in [0.5, 0.6) is 28.7 Å². The van der Waals surface area contributed by atoms with Crippen LogP contribution in [0.2, 0.25) is 0 Å². The van der Waals surface area contributed by atoms with Crippen LogP contribution >= 0.6 is 0 Å². The standard InChI is InChI=1S/C26H37N3O5/c1-6-29-15-12-19(13-16-29)28(2)26(30)21-17-22(24(32-4)25(33-5)23(21)31-3)34-20-9-7-18(8-10-20)11-14-27/h7-10,17,19H,6,11-16,27H2,1-5H3. The number of benzene rings is 2. The molecule has 0 spiro atoms. The van der Waals surface area contributed by atoms with Crippen molar-refractivity contribution >= 4 is 5.91 Å². The van der Waals surface area contributed by atoms with Crippen LogP contribution in [-0.4, -0.2) is 76.3 Å². The molecule has 1 saturated heterocycles. The molecular formula is C26H37N3O5. The first-order valence-corrected chi connectivity index (χ1v) is 11.8. The summed E-state index contributed by atoms with van der Waals surface area (Å²) in [5, 5.41) is 0. The van der Waals surface area contributed by atoms with E-state index in [-0.39, 0.29) is 11.9 Å². The summed E-state index contributed by atoms with van der Waals surface area (Å²) in [5.41, 5.74) is 7.14. The third-order valence-corrected chi connectivity index (χ3v) is 6.46. The lowest BCUT2D eigenvalue weighted by Crippen LogP contribution is -2.45. The smallest absolute Gasteiger partial charge is 0.257 e. The van der Waals surface area contributed by atoms with E-state index in [1.165, 1.54) is 21.3 Å². The van der Waals surface area contributed by atoms with Crippen LogP contribution < -0.4 is 24.7 Å². The van der Waals surface area contributed by atoms with Crippen molar-refractivity contribution in [3.05, 3.63) is 41.5 Å². The Hall–Kier alpha value is -2.97. The Morgan fingerprint density at radius 1 is 1.03 bits per heavy atom. The lowest BCUT2D eigenvalue weighted by atomic mass is 10.0. The number of nitrogens with two attached hydrogens (primary N) is 1. The van der Waals surface area contributed by atoms with Crippen LogP contribution in [0.25, 0.3) is 0 Å². The molecule has 0 saturated carbocycles. The number of hydrogen-bond acceptors (Lipinski definition) is 7. The molecule has 0 bridgehead atoms. The molecule has 1 amide bonds. The van der Waals surface area contributed by atoms with Crippen LogP contribution in [0.3, 0.4) is 0 Å². The number of carbonyl (C=O) groups excluding carboxylic acids is 1. The Bertz CT molecular complexity index is 956. The molecular weight excluding hydrogens is 434 g/mol. The fourth-order valence-electron chi connectivity index (χ4n) is 4.41. The lowest BCUT2D eigenvalue weighted by molar-refractivity contribution is 0.0642. The van der Waals surface area contributed by atoms with E-state index in [0.717, 1.165) is 44.5 Å². The summed E-state index contributed by atoms with van der Waals surface area (Å²) >= 11 is 0. The number of likely N-dealkylation sites (tertiary alicyclic amines) is 1. The van der Waals surface area contributed by atoms with Gasteiger partial charge in [-0.2, -0.15) is 0 Å². The molecule has 8 nitrogen and oxygen atoms in total. The van der Waals surface area contributed by atoms with E-state index in [9.17, 15) is 4.79 Å². The molecule has 1 aliphatic heterocycles. The average Bonchev–Trinajstić information content (AvgIpc) is 2.88. The molecule has 186 valence electrons. The number of amides is 1. The van der Waals surface area contributed by atoms with Gasteiger partial charge in [-0.3, -0.25) is 4.79 Å². The molecule has 0 unspecified atom stereocenters. The van der Waals surface area contributed by atoms with Crippen LogP contribution in [0.4, 0.5) is 0 Å². The zero-order valence-corrected chi connectivity index (χ0v) is 20.9. The Labute approximate surface area is 202 Å². The Morgan fingerprint density at radius 3 is 2.18 bits per heavy atom. The second-order valence-electron chi connectivity index (χ2n) is 8.39. The number of nitrogens with zero attached hydrogens (tertiary/aromatic N) is 2. The van der Waals surface area contributed by atoms with Crippen molar-refractivity contribution in [3.8, 4) is 28.7 Å². The predicted molar refractivity (Wildman–Crippen MR) is 133 cm³/mol. The van der Waals surface area contributed by atoms with Gasteiger partial charge in [-0.05, 0) is 50.0 Å². The number of ether oxygens (including phenoxy) is 4. The van der Waals surface area contributed by atoms with Gasteiger partial charge in [0.2, 0.25) is 11.5 Å². The third kappa shape index (κ3) is 5.56. The van der Waals surface area contributed by atoms with Crippen molar-refractivity contribution in [2.45, 2.75) is 32.2 Å². The van der Waals surface area contributed by atoms with E-state index in [1.807, 2.05) is 36.2 Å². The molecule has 2 N–H and O–H groups in total. The van der Waals surface area contributed by atoms with Crippen LogP contribution in [0, 0.1) is 0 Å². The second kappa shape index (κ2) is 11.9. The molecule has 0 atom stereocenters. The van der Waals surface area contributed by atoms with Crippen molar-refractivity contribution in [2.24, 2.45) is 5.73 Å². The molecule has 1 fully saturated rings. The van der Waals surface area contributed by atoms with Crippen molar-refractivity contribution in [2.75, 3.05) is 54.6 Å². The van der Waals surface area contributed by atoms with Crippen molar-refractivity contribution in [1.29, 1.82) is 0 Å². The van der Waals surface area contributed by atoms with E-state index >= 15 is 0 Å². The monoisotopic (exact) mass is 471 g/mol. The quantitative estimate of drug-likeness (QED) is 0.567. The molecule has 0 aliphatic carbocycles. The average molecular weight is 472 g/mol. The van der Waals surface area contributed by atoms with Gasteiger partial charge in [0.1, 0.15) is 5.75 Å². The zero-order chi connectivity index (χ0) is 24.7. The first-order valence-electron chi connectivity index (χ1n) is 11.8. The SMILES string of the molecule is CCN1CCC(N(C)C(=O)c2cc(Oc3ccc(CCN)cc3)c(OC)c(OC)c2OC)CC1. The summed E-state index contributed by atoms with van der Waals surface area (Å²) < 4.78 is 23.0. The van der Waals surface area contributed by atoms with Crippen LogP contribution in [0.15, 0.2) is 30.3 Å². The van der Waals surface area contributed by atoms with Gasteiger partial charge in [0, 0.05) is 32.2 Å². The Kier molecular flexibility index (Phi) is 9.01. The van der Waals surface area contributed by atoms with Gasteiger partial charge < -0.3 is 34.5 Å². The van der Waals surface area contributed by atoms with Crippen LogP contribution in [-0.2, 0) is 6.42 Å². The van der Waals surface area contributed by atoms with E-state index < -0.39 is 0 Å². The van der Waals surface area contributed by atoms with E-state index in [1.54, 1.807) is 6.07 Å². The molecule has 1 aliphatic rings. The number of hydrogen-bond donors (Lipinski definition) is 1. The summed E-state index contributed by atoms with van der Waals surface area (Å²) in [4.78, 5) is 17.8. The minimum Gasteiger partial charge on any atom is -0.492 e. The maximum atomic E-state index is 13.6. The highest BCUT2D eigenvalue weighted by Gasteiger charge is 2.31. The van der Waals surface area contributed by atoms with Crippen LogP contribution in [0.1, 0.15) is 35.7 Å². The number of piperidine rings is 1. The molecule has 34 heavy (non-hydrogen) atoms. The number of methoxy groups -OCH3 is 3. The highest BCUT2D eigenvalue weighted by atomic mass is 16.5. The van der Waals surface area contributed by atoms with E-state index in [0.29, 0.717) is 40.9 Å². The van der Waals surface area contributed by atoms with Gasteiger partial charge in [0.25, 0.3) is 5.91 Å². The largest absolute Gasteiger partial charge is 0.492 e. The molecule has 3 rings (SSSR count). The molecule has 2 aromatic carbocycles. The third-order valence-electron chi connectivity index (χ3n) is 6.46. The predicted octanol–water partition coefficient (Wildman–Crippen LogP) is 3.56. The molecule has 0 radical (unpaired) electrons. The minimum atomic E-state index is -0.143. The van der Waals surface area contributed by atoms with Gasteiger partial charge in [-0.1, -0.05) is 19.1 Å². The van der Waals surface area contributed by atoms with Gasteiger partial charge in [0.05, 0.1) is 26.9 Å². The first kappa shape index (κ1) is 25.6. The molecule has 8 heteroatoms. The van der Waals surface area contributed by atoms with Gasteiger partial charge in [0.15, 0.2) is 11.5 Å². The maximum Gasteiger partial charge on any atom is 0.257 e. The maximum absolute atomic E-state index is 13.6. The second-order valence-corrected chi connectivity index (χ2v) is 8.39. The molecule has 1 heterocycles. The fourth-order valence-corrected chi connectivity index (χ4v) is 4.41. The summed E-state index contributed by atoms with van der Waals surface area (Å²) in [6.45, 7) is 5.74. The molecule has 0 aromatic heterocycles. The number of rotatable bonds is 10. The fraction of sp³-hybridized carbons (Fsp3) is 0.500. The van der Waals surface area contributed by atoms with Gasteiger partial charge >= 0.3 is 0 Å². The first-order chi connectivity index (χ1) is 16.5. The Morgan fingerprint density at radius 2 is 1.65 bits per heavy atom. The highest BCUT2D eigenvalue weighted by molar-refractivity contribution is 5.99. The molecule has 2 aromatic rings. The topological polar surface area (TPSA) is 86.5 Å². The Balaban J connectivity index is 1.95. The summed E-state index contributed by atoms with van der Waals surface area (Å²) in [6.07, 6.45) is 2.66. The lowest BCUT2D eigenvalue weighted by Gasteiger charge is -2.36. The summed E-state index contributed by atoms with van der Waals surface area (Å²) in [6, 6.07) is 9.52. The van der Waals surface area contributed by atoms with Crippen molar-refractivity contribution in [3.63, 3.8) is 0 Å². The van der Waals surface area contributed by atoms with Gasteiger partial charge in [-0.25, -0.2) is 0 Å². The van der Waals surface area contributed by atoms with E-state index in [4.69, 9.17) is 24.7 Å². The number of carbonyl (C=O) groups is 1. The summed E-state index contributed by atoms with van der Waals surface area (Å²) in [7, 11) is 6.42. The minimum absolute atomic E-state index is 0.143. The summed E-state index contributed by atoms with van der Waals surface area (Å²) in [5.74, 6) is 1.86. The van der Waals surface area contributed by atoms with Crippen molar-refractivity contribution < 1.29 is 23.7 Å². The normalized spacial score (nSPS) is 14.5.